The molecule has 19 heavy (non-hydrogen) atoms. The van der Waals surface area contributed by atoms with Gasteiger partial charge in [-0.25, -0.2) is 0 Å². The molecule has 1 N–H and O–H groups in total. The first-order valence-electron chi connectivity index (χ1n) is 8.14. The van der Waals surface area contributed by atoms with Crippen LogP contribution in [0.4, 0.5) is 0 Å². The highest BCUT2D eigenvalue weighted by atomic mass is 15.3. The second-order valence-electron chi connectivity index (χ2n) is 7.48. The highest BCUT2D eigenvalue weighted by molar-refractivity contribution is 4.87. The fourth-order valence-electron chi connectivity index (χ4n) is 3.74. The van der Waals surface area contributed by atoms with Crippen molar-refractivity contribution in [2.24, 2.45) is 5.41 Å². The average molecular weight is 267 g/mol. The zero-order valence-corrected chi connectivity index (χ0v) is 13.4. The maximum absolute atomic E-state index is 3.50. The van der Waals surface area contributed by atoms with Crippen LogP contribution in [0.1, 0.15) is 46.5 Å². The molecule has 2 unspecified atom stereocenters. The van der Waals surface area contributed by atoms with Gasteiger partial charge in [-0.1, -0.05) is 20.8 Å². The lowest BCUT2D eigenvalue weighted by Crippen LogP contribution is -2.41. The highest BCUT2D eigenvalue weighted by Crippen LogP contribution is 2.24. The van der Waals surface area contributed by atoms with E-state index in [1.807, 2.05) is 0 Å². The van der Waals surface area contributed by atoms with E-state index in [9.17, 15) is 0 Å². The molecule has 3 nitrogen and oxygen atoms in total. The second kappa shape index (κ2) is 6.55. The maximum atomic E-state index is 3.50. The quantitative estimate of drug-likeness (QED) is 0.824. The van der Waals surface area contributed by atoms with Crippen molar-refractivity contribution in [1.29, 1.82) is 0 Å². The van der Waals surface area contributed by atoms with Crippen molar-refractivity contribution in [3.05, 3.63) is 0 Å². The van der Waals surface area contributed by atoms with E-state index in [2.05, 4.69) is 42.9 Å². The Balaban J connectivity index is 1.72. The maximum Gasteiger partial charge on any atom is 0.0235 e. The molecule has 0 radical (unpaired) electrons. The number of likely N-dealkylation sites (tertiary alicyclic amines) is 2. The predicted octanol–water partition coefficient (Wildman–Crippen LogP) is 2.18. The third-order valence-corrected chi connectivity index (χ3v) is 5.03. The predicted molar refractivity (Wildman–Crippen MR) is 82.6 cm³/mol. The van der Waals surface area contributed by atoms with Gasteiger partial charge >= 0.3 is 0 Å². The van der Waals surface area contributed by atoms with Crippen molar-refractivity contribution < 1.29 is 0 Å². The van der Waals surface area contributed by atoms with Crippen molar-refractivity contribution in [2.75, 3.05) is 39.8 Å². The van der Waals surface area contributed by atoms with E-state index in [1.54, 1.807) is 0 Å². The molecule has 0 aromatic heterocycles. The Bertz CT molecular complexity index is 266. The van der Waals surface area contributed by atoms with E-state index in [1.165, 1.54) is 58.4 Å². The first kappa shape index (κ1) is 15.3. The second-order valence-corrected chi connectivity index (χ2v) is 7.48. The number of nitrogens with one attached hydrogen (secondary N) is 1. The molecule has 0 aliphatic carbocycles. The van der Waals surface area contributed by atoms with Crippen molar-refractivity contribution >= 4 is 0 Å². The van der Waals surface area contributed by atoms with Crippen molar-refractivity contribution in [1.82, 2.24) is 15.1 Å². The molecule has 3 heteroatoms. The third-order valence-electron chi connectivity index (χ3n) is 5.03. The van der Waals surface area contributed by atoms with Crippen LogP contribution in [0.2, 0.25) is 0 Å². The Hall–Kier alpha value is -0.120. The summed E-state index contributed by atoms with van der Waals surface area (Å²) in [5.74, 6) is 0. The Kier molecular flexibility index (Phi) is 5.27. The summed E-state index contributed by atoms with van der Waals surface area (Å²) in [6.45, 7) is 13.6. The van der Waals surface area contributed by atoms with Crippen molar-refractivity contribution in [3.63, 3.8) is 0 Å². The topological polar surface area (TPSA) is 18.5 Å². The van der Waals surface area contributed by atoms with E-state index in [-0.39, 0.29) is 0 Å². The zero-order valence-electron chi connectivity index (χ0n) is 13.4. The summed E-state index contributed by atoms with van der Waals surface area (Å²) in [7, 11) is 2.10. The minimum Gasteiger partial charge on any atom is -0.316 e. The molecule has 2 aliphatic heterocycles. The monoisotopic (exact) mass is 267 g/mol. The van der Waals surface area contributed by atoms with Gasteiger partial charge in [-0.05, 0) is 64.3 Å². The molecule has 2 fully saturated rings. The number of hydrogen-bond donors (Lipinski definition) is 1. The summed E-state index contributed by atoms with van der Waals surface area (Å²) >= 11 is 0. The van der Waals surface area contributed by atoms with E-state index < -0.39 is 0 Å². The van der Waals surface area contributed by atoms with Gasteiger partial charge in [0.1, 0.15) is 0 Å². The van der Waals surface area contributed by atoms with Gasteiger partial charge in [0.25, 0.3) is 0 Å². The van der Waals surface area contributed by atoms with Crippen LogP contribution in [0.3, 0.4) is 0 Å². The molecule has 2 aliphatic rings. The minimum atomic E-state index is 0.364. The fraction of sp³-hybridized carbons (Fsp3) is 1.00. The first-order chi connectivity index (χ1) is 9.00. The normalized spacial score (nSPS) is 28.1. The van der Waals surface area contributed by atoms with E-state index in [4.69, 9.17) is 0 Å². The molecule has 0 aromatic carbocycles. The fourth-order valence-corrected chi connectivity index (χ4v) is 3.74. The van der Waals surface area contributed by atoms with Crippen LogP contribution < -0.4 is 5.32 Å². The summed E-state index contributed by atoms with van der Waals surface area (Å²) in [4.78, 5) is 5.40. The molecule has 2 saturated heterocycles. The summed E-state index contributed by atoms with van der Waals surface area (Å²) in [5, 5.41) is 3.50. The molecule has 0 bridgehead atoms. The zero-order chi connectivity index (χ0) is 13.9. The van der Waals surface area contributed by atoms with Gasteiger partial charge < -0.3 is 10.2 Å². The van der Waals surface area contributed by atoms with Crippen LogP contribution in [-0.4, -0.2) is 61.7 Å². The molecule has 2 atom stereocenters. The highest BCUT2D eigenvalue weighted by Gasteiger charge is 2.30. The van der Waals surface area contributed by atoms with Gasteiger partial charge in [0.15, 0.2) is 0 Å². The summed E-state index contributed by atoms with van der Waals surface area (Å²) < 4.78 is 0. The van der Waals surface area contributed by atoms with E-state index in [0.29, 0.717) is 11.5 Å². The van der Waals surface area contributed by atoms with Crippen molar-refractivity contribution in [2.45, 2.75) is 58.5 Å². The third kappa shape index (κ3) is 4.17. The van der Waals surface area contributed by atoms with E-state index >= 15 is 0 Å². The van der Waals surface area contributed by atoms with Crippen LogP contribution in [0.15, 0.2) is 0 Å². The molecule has 0 amide bonds. The number of hydrogen-bond acceptors (Lipinski definition) is 3. The standard InChI is InChI=1S/C16H33N3/c1-16(2,3)15(17-4)8-12-18-11-7-14(13-18)19-9-5-6-10-19/h14-15,17H,5-13H2,1-4H3. The van der Waals surface area contributed by atoms with Gasteiger partial charge in [-0.15, -0.1) is 0 Å². The lowest BCUT2D eigenvalue weighted by atomic mass is 9.85. The van der Waals surface area contributed by atoms with Gasteiger partial charge in [0.2, 0.25) is 0 Å². The molecule has 0 spiro atoms. The molecule has 2 heterocycles. The Morgan fingerprint density at radius 2 is 1.84 bits per heavy atom. The van der Waals surface area contributed by atoms with Crippen LogP contribution >= 0.6 is 0 Å². The smallest absolute Gasteiger partial charge is 0.0235 e. The van der Waals surface area contributed by atoms with Crippen LogP contribution in [0.5, 0.6) is 0 Å². The lowest BCUT2D eigenvalue weighted by Gasteiger charge is -2.32. The minimum absolute atomic E-state index is 0.364. The van der Waals surface area contributed by atoms with Crippen LogP contribution in [0.25, 0.3) is 0 Å². The molecule has 0 aromatic rings. The largest absolute Gasteiger partial charge is 0.316 e. The Labute approximate surface area is 119 Å². The van der Waals surface area contributed by atoms with Crippen LogP contribution in [0, 0.1) is 5.41 Å². The molecule has 0 saturated carbocycles. The lowest BCUT2D eigenvalue weighted by molar-refractivity contribution is 0.208. The molecule has 112 valence electrons. The molecule has 2 rings (SSSR count). The average Bonchev–Trinajstić information content (AvgIpc) is 2.98. The summed E-state index contributed by atoms with van der Waals surface area (Å²) in [6.07, 6.45) is 5.50. The first-order valence-corrected chi connectivity index (χ1v) is 8.14. The number of rotatable bonds is 5. The molecular weight excluding hydrogens is 234 g/mol. The van der Waals surface area contributed by atoms with Gasteiger partial charge in [0, 0.05) is 18.6 Å². The van der Waals surface area contributed by atoms with E-state index in [0.717, 1.165) is 6.04 Å². The Morgan fingerprint density at radius 1 is 1.16 bits per heavy atom. The van der Waals surface area contributed by atoms with Gasteiger partial charge in [-0.3, -0.25) is 4.90 Å². The SMILES string of the molecule is CNC(CCN1CCC(N2CCCC2)C1)C(C)(C)C. The summed E-state index contributed by atoms with van der Waals surface area (Å²) in [5.41, 5.74) is 0.364. The molecular formula is C16H33N3. The van der Waals surface area contributed by atoms with Crippen molar-refractivity contribution in [3.8, 4) is 0 Å². The van der Waals surface area contributed by atoms with Crippen LogP contribution in [-0.2, 0) is 0 Å². The Morgan fingerprint density at radius 3 is 2.42 bits per heavy atom. The van der Waals surface area contributed by atoms with Gasteiger partial charge in [-0.2, -0.15) is 0 Å². The summed E-state index contributed by atoms with van der Waals surface area (Å²) in [6, 6.07) is 1.48. The van der Waals surface area contributed by atoms with Gasteiger partial charge in [0.05, 0.1) is 0 Å². The number of nitrogens with zero attached hydrogens (tertiary/aromatic N) is 2.